The van der Waals surface area contributed by atoms with Gasteiger partial charge in [0.15, 0.2) is 0 Å². The second-order valence-electron chi connectivity index (χ2n) is 14.8. The molecule has 3 saturated heterocycles. The minimum absolute atomic E-state index is 0.185. The first-order chi connectivity index (χ1) is 29.7. The van der Waals surface area contributed by atoms with Gasteiger partial charge in [0.25, 0.3) is 0 Å². The van der Waals surface area contributed by atoms with Crippen LogP contribution >= 0.6 is 23.2 Å². The molecule has 0 radical (unpaired) electrons. The number of aliphatic hydroxyl groups excluding tert-OH is 2. The molecule has 3 fully saturated rings. The smallest absolute Gasteiger partial charge is 0.416 e. The van der Waals surface area contributed by atoms with Gasteiger partial charge in [-0.25, -0.2) is 0 Å². The van der Waals surface area contributed by atoms with E-state index in [-0.39, 0.29) is 12.5 Å². The number of rotatable bonds is 14. The standard InChI is InChI=1S/C22H25ClF3NO3.C13H16F3NO.C9H9ClO2.CH4O/c23-18-5-9-21(10-6-18)30-15-19(28)13-27-11-1-2-16(12-27)14-29-20-7-3-17(4-8-20)22(24,25)26;14-13(15,16)11-3-5-12(6-4-11)18-9-10-2-1-7-17-8-10;10-7-1-3-8(4-2-7)11-5-9-6-12-9;1-2/h3-10,16,19,28H,1-2,11-15H2;3-6,10,17H,1-2,7-9H2;1-4,9H,5-6H2;2H,1H3. The number of nitrogens with zero attached hydrogens (tertiary/aromatic N) is 1. The van der Waals surface area contributed by atoms with Gasteiger partial charge in [0, 0.05) is 48.6 Å². The third kappa shape index (κ3) is 19.6. The van der Waals surface area contributed by atoms with E-state index in [2.05, 4.69) is 10.2 Å². The Hall–Kier alpha value is -3.96. The van der Waals surface area contributed by atoms with E-state index in [4.69, 9.17) is 52.0 Å². The first-order valence-electron chi connectivity index (χ1n) is 20.2. The van der Waals surface area contributed by atoms with Crippen LogP contribution in [-0.4, -0.2) is 100 Å². The van der Waals surface area contributed by atoms with E-state index in [0.717, 1.165) is 101 Å². The van der Waals surface area contributed by atoms with Gasteiger partial charge in [-0.05, 0) is 136 Å². The fraction of sp³-hybridized carbons (Fsp3) is 0.467. The Morgan fingerprint density at radius 1 is 0.661 bits per heavy atom. The number of β-amino-alcohol motifs (C(OH)–C–C–N with tert-alkyl or cyclic N) is 1. The average molecular weight is 920 g/mol. The van der Waals surface area contributed by atoms with Crippen LogP contribution in [0.25, 0.3) is 0 Å². The molecule has 3 aliphatic heterocycles. The zero-order chi connectivity index (χ0) is 45.0. The molecule has 3 N–H and O–H groups in total. The summed E-state index contributed by atoms with van der Waals surface area (Å²) < 4.78 is 102. The maximum atomic E-state index is 12.6. The Morgan fingerprint density at radius 3 is 1.55 bits per heavy atom. The summed E-state index contributed by atoms with van der Waals surface area (Å²) in [5.41, 5.74) is -1.33. The summed E-state index contributed by atoms with van der Waals surface area (Å²) >= 11 is 11.5. The predicted molar refractivity (Wildman–Crippen MR) is 226 cm³/mol. The van der Waals surface area contributed by atoms with Crippen molar-refractivity contribution in [2.24, 2.45) is 11.8 Å². The molecule has 3 heterocycles. The van der Waals surface area contributed by atoms with Gasteiger partial charge >= 0.3 is 12.4 Å². The third-order valence-electron chi connectivity index (χ3n) is 9.71. The molecule has 3 aliphatic rings. The van der Waals surface area contributed by atoms with Gasteiger partial charge in [-0.3, -0.25) is 0 Å². The van der Waals surface area contributed by atoms with E-state index in [0.29, 0.717) is 60.7 Å². The number of piperidine rings is 2. The van der Waals surface area contributed by atoms with Crippen molar-refractivity contribution in [2.75, 3.05) is 72.9 Å². The molecular formula is C45H54Cl2F6N2O7. The lowest BCUT2D eigenvalue weighted by molar-refractivity contribution is -0.138. The highest BCUT2D eigenvalue weighted by atomic mass is 35.5. The quantitative estimate of drug-likeness (QED) is 0.0843. The van der Waals surface area contributed by atoms with Gasteiger partial charge in [-0.15, -0.1) is 0 Å². The van der Waals surface area contributed by atoms with E-state index in [1.165, 1.54) is 24.3 Å². The maximum absolute atomic E-state index is 12.6. The molecule has 0 spiro atoms. The van der Waals surface area contributed by atoms with Crippen molar-refractivity contribution in [3.63, 3.8) is 0 Å². The van der Waals surface area contributed by atoms with Crippen LogP contribution < -0.4 is 24.3 Å². The second kappa shape index (κ2) is 26.0. The topological polar surface area (TPSA) is 105 Å². The average Bonchev–Trinajstić information content (AvgIpc) is 4.11. The minimum atomic E-state index is -4.35. The van der Waals surface area contributed by atoms with Crippen molar-refractivity contribution in [3.8, 4) is 23.0 Å². The number of aliphatic hydroxyl groups is 2. The number of ether oxygens (including phenoxy) is 5. The largest absolute Gasteiger partial charge is 0.493 e. The SMILES string of the molecule is CO.Clc1ccc(OCC2CO2)cc1.FC(F)(F)c1ccc(OCC2CCCNC2)cc1.OC(COc1ccc(Cl)cc1)CN1CCCC(COc2ccc(C(F)(F)F)cc2)C1. The Bertz CT molecular complexity index is 1810. The van der Waals surface area contributed by atoms with Crippen LogP contribution in [0.3, 0.4) is 0 Å². The number of epoxide rings is 1. The summed E-state index contributed by atoms with van der Waals surface area (Å²) in [6.45, 7) is 6.73. The Labute approximate surface area is 368 Å². The molecule has 7 rings (SSSR count). The Balaban J connectivity index is 0.000000222. The molecule has 9 nitrogen and oxygen atoms in total. The second-order valence-corrected chi connectivity index (χ2v) is 15.7. The van der Waals surface area contributed by atoms with Crippen molar-refractivity contribution < 1.29 is 60.2 Å². The summed E-state index contributed by atoms with van der Waals surface area (Å²) in [6, 6.07) is 23.9. The van der Waals surface area contributed by atoms with E-state index in [1.54, 1.807) is 24.3 Å². The van der Waals surface area contributed by atoms with Gasteiger partial charge in [0.05, 0.1) is 30.9 Å². The predicted octanol–water partition coefficient (Wildman–Crippen LogP) is 9.70. The van der Waals surface area contributed by atoms with E-state index >= 15 is 0 Å². The molecule has 4 atom stereocenters. The lowest BCUT2D eigenvalue weighted by atomic mass is 9.98. The van der Waals surface area contributed by atoms with Gasteiger partial charge in [0.2, 0.25) is 0 Å². The highest BCUT2D eigenvalue weighted by Gasteiger charge is 2.31. The first-order valence-corrected chi connectivity index (χ1v) is 21.0. The van der Waals surface area contributed by atoms with Crippen LogP contribution in [0.4, 0.5) is 26.3 Å². The maximum Gasteiger partial charge on any atom is 0.416 e. The van der Waals surface area contributed by atoms with Crippen molar-refractivity contribution >= 4 is 23.2 Å². The lowest BCUT2D eigenvalue weighted by Crippen LogP contribution is -2.43. The lowest BCUT2D eigenvalue weighted by Gasteiger charge is -2.33. The van der Waals surface area contributed by atoms with Gasteiger partial charge < -0.3 is 44.1 Å². The van der Waals surface area contributed by atoms with Crippen LogP contribution in [0.5, 0.6) is 23.0 Å². The summed E-state index contributed by atoms with van der Waals surface area (Å²) in [4.78, 5) is 2.17. The van der Waals surface area contributed by atoms with Crippen LogP contribution in [0.15, 0.2) is 97.1 Å². The van der Waals surface area contributed by atoms with Crippen molar-refractivity contribution in [1.29, 1.82) is 0 Å². The third-order valence-corrected chi connectivity index (χ3v) is 10.2. The zero-order valence-electron chi connectivity index (χ0n) is 34.4. The summed E-state index contributed by atoms with van der Waals surface area (Å²) in [7, 11) is 1.00. The van der Waals surface area contributed by atoms with Crippen molar-refractivity contribution in [2.45, 2.75) is 50.2 Å². The van der Waals surface area contributed by atoms with Crippen LogP contribution in [0.2, 0.25) is 10.0 Å². The number of benzene rings is 4. The number of hydrogen-bond acceptors (Lipinski definition) is 9. The number of hydrogen-bond donors (Lipinski definition) is 3. The highest BCUT2D eigenvalue weighted by molar-refractivity contribution is 6.30. The van der Waals surface area contributed by atoms with Gasteiger partial charge in [-0.1, -0.05) is 23.2 Å². The first kappa shape index (κ1) is 50.7. The minimum Gasteiger partial charge on any atom is -0.493 e. The molecule has 62 heavy (non-hydrogen) atoms. The highest BCUT2D eigenvalue weighted by Crippen LogP contribution is 2.32. The van der Waals surface area contributed by atoms with Crippen molar-refractivity contribution in [3.05, 3.63) is 118 Å². The van der Waals surface area contributed by atoms with Crippen LogP contribution in [-0.2, 0) is 17.1 Å². The van der Waals surface area contributed by atoms with Crippen LogP contribution in [0.1, 0.15) is 36.8 Å². The van der Waals surface area contributed by atoms with E-state index < -0.39 is 29.6 Å². The molecule has 0 bridgehead atoms. The Morgan fingerprint density at radius 2 is 1.10 bits per heavy atom. The summed E-state index contributed by atoms with van der Waals surface area (Å²) in [5.74, 6) is 3.12. The summed E-state index contributed by atoms with van der Waals surface area (Å²) in [5, 5.41) is 21.9. The fourth-order valence-corrected chi connectivity index (χ4v) is 6.64. The number of alkyl halides is 6. The zero-order valence-corrected chi connectivity index (χ0v) is 35.9. The molecule has 17 heteroatoms. The Kier molecular flexibility index (Phi) is 21.2. The van der Waals surface area contributed by atoms with Gasteiger partial charge in [-0.2, -0.15) is 26.3 Å². The van der Waals surface area contributed by atoms with Gasteiger partial charge in [0.1, 0.15) is 48.4 Å². The molecule has 4 unspecified atom stereocenters. The molecule has 4 aromatic rings. The normalized spacial score (nSPS) is 19.2. The molecular weight excluding hydrogens is 865 g/mol. The molecule has 4 aromatic carbocycles. The number of nitrogens with one attached hydrogen (secondary N) is 1. The molecule has 0 amide bonds. The molecule has 0 saturated carbocycles. The van der Waals surface area contributed by atoms with Crippen LogP contribution in [0, 0.1) is 11.8 Å². The molecule has 0 aromatic heterocycles. The number of likely N-dealkylation sites (tertiary alicyclic amines) is 1. The monoisotopic (exact) mass is 918 g/mol. The van der Waals surface area contributed by atoms with Crippen molar-refractivity contribution in [1.82, 2.24) is 10.2 Å². The van der Waals surface area contributed by atoms with E-state index in [9.17, 15) is 31.4 Å². The molecule has 0 aliphatic carbocycles. The number of halogens is 8. The molecule has 342 valence electrons. The fourth-order valence-electron chi connectivity index (χ4n) is 6.39. The van der Waals surface area contributed by atoms with E-state index in [1.807, 2.05) is 24.3 Å². The summed E-state index contributed by atoms with van der Waals surface area (Å²) in [6.07, 6.45) is -4.77.